The average Bonchev–Trinajstić information content (AvgIpc) is 3.23. The van der Waals surface area contributed by atoms with E-state index in [-0.39, 0.29) is 18.9 Å². The van der Waals surface area contributed by atoms with E-state index in [9.17, 15) is 4.79 Å². The molecule has 0 fully saturated rings. The third-order valence-electron chi connectivity index (χ3n) is 3.95. The molecule has 0 aliphatic carbocycles. The summed E-state index contributed by atoms with van der Waals surface area (Å²) in [6.07, 6.45) is 1.55. The molecule has 0 aliphatic rings. The molecule has 0 N–H and O–H groups in total. The van der Waals surface area contributed by atoms with Gasteiger partial charge < -0.3 is 19.0 Å². The first kappa shape index (κ1) is 21.4. The molecule has 30 heavy (non-hydrogen) atoms. The molecule has 0 saturated heterocycles. The van der Waals surface area contributed by atoms with Crippen LogP contribution in [-0.4, -0.2) is 38.1 Å². The van der Waals surface area contributed by atoms with E-state index in [1.54, 1.807) is 25.1 Å². The Hall–Kier alpha value is -3.32. The minimum absolute atomic E-state index is 0.103. The predicted molar refractivity (Wildman–Crippen MR) is 119 cm³/mol. The van der Waals surface area contributed by atoms with Crippen molar-refractivity contribution in [1.82, 2.24) is 0 Å². The van der Waals surface area contributed by atoms with Crippen LogP contribution >= 0.6 is 11.3 Å². The van der Waals surface area contributed by atoms with Crippen LogP contribution in [0.1, 0.15) is 11.8 Å². The van der Waals surface area contributed by atoms with Crippen molar-refractivity contribution in [2.24, 2.45) is 5.16 Å². The zero-order valence-corrected chi connectivity index (χ0v) is 17.5. The molecule has 3 rings (SSSR count). The molecular weight excluding hydrogens is 402 g/mol. The maximum Gasteiger partial charge on any atom is 0.361 e. The van der Waals surface area contributed by atoms with Crippen LogP contribution < -0.4 is 9.47 Å². The number of fused-ring (bicyclic) bond motifs is 1. The normalized spacial score (nSPS) is 11.2. The number of hydrogen-bond donors (Lipinski definition) is 0. The first-order chi connectivity index (χ1) is 14.7. The SMILES string of the molecule is C=CCO/N=C(\C(=O)OCC)c1ccc(OCCOc2ccc3ccccc3c2)s1. The Labute approximate surface area is 179 Å². The molecule has 1 aromatic heterocycles. The lowest BCUT2D eigenvalue weighted by molar-refractivity contribution is -0.135. The fourth-order valence-electron chi connectivity index (χ4n) is 2.62. The smallest absolute Gasteiger partial charge is 0.361 e. The van der Waals surface area contributed by atoms with Crippen molar-refractivity contribution in [3.8, 4) is 10.8 Å². The number of rotatable bonds is 11. The zero-order valence-electron chi connectivity index (χ0n) is 16.7. The molecule has 0 bridgehead atoms. The largest absolute Gasteiger partial charge is 0.490 e. The Bertz CT molecular complexity index is 1030. The highest BCUT2D eigenvalue weighted by Crippen LogP contribution is 2.26. The van der Waals surface area contributed by atoms with Crippen molar-refractivity contribution in [1.29, 1.82) is 0 Å². The molecule has 1 heterocycles. The molecule has 7 heteroatoms. The molecule has 2 aromatic carbocycles. The van der Waals surface area contributed by atoms with Gasteiger partial charge >= 0.3 is 5.97 Å². The summed E-state index contributed by atoms with van der Waals surface area (Å²) in [5.74, 6) is 0.245. The van der Waals surface area contributed by atoms with Crippen molar-refractivity contribution in [3.63, 3.8) is 0 Å². The molecule has 6 nitrogen and oxygen atoms in total. The molecule has 0 unspecified atom stereocenters. The Morgan fingerprint density at radius 1 is 1.07 bits per heavy atom. The van der Waals surface area contributed by atoms with E-state index in [1.165, 1.54) is 16.7 Å². The lowest BCUT2D eigenvalue weighted by Gasteiger charge is -2.08. The second kappa shape index (κ2) is 11.0. The van der Waals surface area contributed by atoms with Gasteiger partial charge in [-0.1, -0.05) is 59.5 Å². The van der Waals surface area contributed by atoms with E-state index in [2.05, 4.69) is 17.8 Å². The summed E-state index contributed by atoms with van der Waals surface area (Å²) in [5, 5.41) is 6.82. The van der Waals surface area contributed by atoms with Crippen molar-refractivity contribution in [3.05, 3.63) is 72.1 Å². The van der Waals surface area contributed by atoms with Gasteiger partial charge in [0.25, 0.3) is 0 Å². The fourth-order valence-corrected chi connectivity index (χ4v) is 3.47. The van der Waals surface area contributed by atoms with Crippen molar-refractivity contribution >= 4 is 33.8 Å². The van der Waals surface area contributed by atoms with E-state index in [1.807, 2.05) is 36.4 Å². The monoisotopic (exact) mass is 425 g/mol. The Balaban J connectivity index is 1.55. The van der Waals surface area contributed by atoms with E-state index in [4.69, 9.17) is 19.0 Å². The molecule has 0 atom stereocenters. The zero-order chi connectivity index (χ0) is 21.2. The summed E-state index contributed by atoms with van der Waals surface area (Å²) >= 11 is 1.29. The molecule has 3 aromatic rings. The molecular formula is C23H23NO5S. The van der Waals surface area contributed by atoms with E-state index < -0.39 is 5.97 Å². The van der Waals surface area contributed by atoms with Crippen LogP contribution in [0.4, 0.5) is 0 Å². The van der Waals surface area contributed by atoms with E-state index in [0.29, 0.717) is 23.2 Å². The van der Waals surface area contributed by atoms with Crippen LogP contribution in [0.25, 0.3) is 10.8 Å². The second-order valence-corrected chi connectivity index (χ2v) is 7.12. The fraction of sp³-hybridized carbons (Fsp3) is 0.217. The number of nitrogens with zero attached hydrogens (tertiary/aromatic N) is 1. The maximum absolute atomic E-state index is 12.1. The number of benzene rings is 2. The van der Waals surface area contributed by atoms with Crippen LogP contribution in [0.5, 0.6) is 10.8 Å². The lowest BCUT2D eigenvalue weighted by atomic mass is 10.1. The van der Waals surface area contributed by atoms with Crippen LogP contribution in [0.3, 0.4) is 0 Å². The topological polar surface area (TPSA) is 66.4 Å². The number of ether oxygens (including phenoxy) is 3. The molecule has 0 aliphatic heterocycles. The van der Waals surface area contributed by atoms with Gasteiger partial charge in [-0.05, 0) is 42.0 Å². The summed E-state index contributed by atoms with van der Waals surface area (Å²) in [6.45, 7) is 6.50. The summed E-state index contributed by atoms with van der Waals surface area (Å²) < 4.78 is 16.6. The summed E-state index contributed by atoms with van der Waals surface area (Å²) in [6, 6.07) is 17.6. The van der Waals surface area contributed by atoms with Crippen LogP contribution in [0.2, 0.25) is 0 Å². The number of oxime groups is 1. The highest BCUT2D eigenvalue weighted by atomic mass is 32.1. The average molecular weight is 426 g/mol. The summed E-state index contributed by atoms with van der Waals surface area (Å²) in [7, 11) is 0. The lowest BCUT2D eigenvalue weighted by Crippen LogP contribution is -2.18. The Morgan fingerprint density at radius 3 is 2.67 bits per heavy atom. The minimum atomic E-state index is -0.547. The number of carbonyl (C=O) groups excluding carboxylic acids is 1. The first-order valence-electron chi connectivity index (χ1n) is 9.54. The van der Waals surface area contributed by atoms with E-state index >= 15 is 0 Å². The van der Waals surface area contributed by atoms with E-state index in [0.717, 1.165) is 11.1 Å². The minimum Gasteiger partial charge on any atom is -0.490 e. The van der Waals surface area contributed by atoms with Gasteiger partial charge in [0.15, 0.2) is 5.06 Å². The second-order valence-electron chi connectivity index (χ2n) is 6.07. The molecule has 156 valence electrons. The third kappa shape index (κ3) is 5.84. The van der Waals surface area contributed by atoms with Gasteiger partial charge in [0, 0.05) is 0 Å². The van der Waals surface area contributed by atoms with Gasteiger partial charge in [0.2, 0.25) is 5.71 Å². The number of esters is 1. The Kier molecular flexibility index (Phi) is 7.86. The Morgan fingerprint density at radius 2 is 1.87 bits per heavy atom. The number of thiophene rings is 1. The summed E-state index contributed by atoms with van der Waals surface area (Å²) in [5.41, 5.74) is 0.103. The standard InChI is InChI=1S/C23H23NO5S/c1-3-13-29-24-22(23(25)26-4-2)20-11-12-21(30-20)28-15-14-27-19-10-9-17-7-5-6-8-18(17)16-19/h3,5-12,16H,1,4,13-15H2,2H3/b24-22-. The van der Waals surface area contributed by atoms with Crippen molar-refractivity contribution < 1.29 is 23.8 Å². The van der Waals surface area contributed by atoms with Gasteiger partial charge in [-0.3, -0.25) is 0 Å². The maximum atomic E-state index is 12.1. The van der Waals surface area contributed by atoms with Crippen LogP contribution in [-0.2, 0) is 14.4 Å². The van der Waals surface area contributed by atoms with Gasteiger partial charge in [0.1, 0.15) is 25.6 Å². The van der Waals surface area contributed by atoms with Crippen molar-refractivity contribution in [2.75, 3.05) is 26.4 Å². The van der Waals surface area contributed by atoms with Gasteiger partial charge in [-0.15, -0.1) is 0 Å². The highest BCUT2D eigenvalue weighted by molar-refractivity contribution is 7.16. The quantitative estimate of drug-likeness (QED) is 0.145. The number of carbonyl (C=O) groups is 1. The van der Waals surface area contributed by atoms with Crippen LogP contribution in [0.15, 0.2) is 72.4 Å². The van der Waals surface area contributed by atoms with Crippen molar-refractivity contribution in [2.45, 2.75) is 6.92 Å². The predicted octanol–water partition coefficient (Wildman–Crippen LogP) is 4.83. The van der Waals surface area contributed by atoms with Gasteiger partial charge in [-0.25, -0.2) is 4.79 Å². The highest BCUT2D eigenvalue weighted by Gasteiger charge is 2.19. The van der Waals surface area contributed by atoms with Crippen LogP contribution in [0, 0.1) is 0 Å². The molecule has 0 saturated carbocycles. The molecule has 0 radical (unpaired) electrons. The third-order valence-corrected chi connectivity index (χ3v) is 4.95. The molecule has 0 spiro atoms. The van der Waals surface area contributed by atoms with Gasteiger partial charge in [0.05, 0.1) is 11.5 Å². The van der Waals surface area contributed by atoms with Gasteiger partial charge in [-0.2, -0.15) is 0 Å². The summed E-state index contributed by atoms with van der Waals surface area (Å²) in [4.78, 5) is 17.8. The first-order valence-corrected chi connectivity index (χ1v) is 10.4. The number of hydrogen-bond acceptors (Lipinski definition) is 7. The molecule has 0 amide bonds.